The zero-order chi connectivity index (χ0) is 19.5. The molecule has 26 heavy (non-hydrogen) atoms. The molecule has 0 amide bonds. The molecule has 4 bridgehead atoms. The summed E-state index contributed by atoms with van der Waals surface area (Å²) in [5.41, 5.74) is 1.45. The Morgan fingerprint density at radius 2 is 0.769 bits per heavy atom. The maximum Gasteiger partial charge on any atom is 0.126 e. The minimum Gasteiger partial charge on any atom is -0.303 e. The second-order valence-corrected chi connectivity index (χ2v) is 20.7. The molecule has 0 N–H and O–H groups in total. The molecule has 5 heteroatoms. The Morgan fingerprint density at radius 1 is 0.577 bits per heavy atom. The van der Waals surface area contributed by atoms with Gasteiger partial charge in [0, 0.05) is 10.8 Å². The average molecular weight is 698 g/mol. The first-order valence-electron chi connectivity index (χ1n) is 9.95. The highest BCUT2D eigenvalue weighted by molar-refractivity contribution is 14.3. The van der Waals surface area contributed by atoms with E-state index in [9.17, 15) is 9.59 Å². The molecule has 0 spiro atoms. The summed E-state index contributed by atoms with van der Waals surface area (Å²) in [6.45, 7) is 4.96. The molecule has 0 heterocycles. The monoisotopic (exact) mass is 698 g/mol. The molecule has 0 atom stereocenters. The smallest absolute Gasteiger partial charge is 0.126 e. The van der Waals surface area contributed by atoms with Crippen LogP contribution in [0.4, 0.5) is 0 Å². The lowest BCUT2D eigenvalue weighted by Crippen LogP contribution is -2.43. The summed E-state index contributed by atoms with van der Waals surface area (Å²) in [6.07, 6.45) is 16.9. The summed E-state index contributed by atoms with van der Waals surface area (Å²) in [5.74, 6) is 0. The number of aldehydes is 2. The van der Waals surface area contributed by atoms with Gasteiger partial charge < -0.3 is 9.59 Å². The Labute approximate surface area is 200 Å². The van der Waals surface area contributed by atoms with E-state index in [0.29, 0.717) is 0 Å². The van der Waals surface area contributed by atoms with E-state index in [0.717, 1.165) is 61.9 Å². The van der Waals surface area contributed by atoms with Crippen LogP contribution < -0.4 is 0 Å². The highest BCUT2D eigenvalue weighted by atomic mass is 127. The standard InChI is InChI=1S/C10H14O2.C10H18.CHI3/c11-7-9-1-2-10(8-12,5-3-9)6-4-9;1-9-3-6-10(2,7-4-9)8-5-9;2-1(3)4/h7-8H,1-6H2;3-8H2,1-2H3;1H. The molecule has 6 aliphatic rings. The zero-order valence-corrected chi connectivity index (χ0v) is 22.6. The molecule has 6 fully saturated rings. The third-order valence-corrected chi connectivity index (χ3v) is 7.86. The summed E-state index contributed by atoms with van der Waals surface area (Å²) in [6, 6.07) is 0. The van der Waals surface area contributed by atoms with Gasteiger partial charge in [-0.25, -0.2) is 0 Å². The number of hydrogen-bond donors (Lipinski definition) is 0. The molecule has 0 aromatic carbocycles. The van der Waals surface area contributed by atoms with Crippen molar-refractivity contribution in [2.45, 2.75) is 90.8 Å². The number of rotatable bonds is 2. The Morgan fingerprint density at radius 3 is 0.923 bits per heavy atom. The molecule has 6 saturated carbocycles. The van der Waals surface area contributed by atoms with Crippen LogP contribution >= 0.6 is 67.8 Å². The highest BCUT2D eigenvalue weighted by Crippen LogP contribution is 2.56. The normalized spacial score (nSPS) is 43.0. The van der Waals surface area contributed by atoms with Crippen LogP contribution in [0, 0.1) is 21.7 Å². The molecule has 0 aromatic rings. The van der Waals surface area contributed by atoms with E-state index in [4.69, 9.17) is 0 Å². The van der Waals surface area contributed by atoms with Crippen molar-refractivity contribution >= 4 is 80.3 Å². The minimum absolute atomic E-state index is 0.0369. The topological polar surface area (TPSA) is 34.1 Å². The fourth-order valence-corrected chi connectivity index (χ4v) is 5.16. The Bertz CT molecular complexity index is 410. The van der Waals surface area contributed by atoms with Gasteiger partial charge in [0.05, 0.1) is 0 Å². The molecular formula is C21H33I3O2. The summed E-state index contributed by atoms with van der Waals surface area (Å²) in [4.78, 5) is 21.7. The maximum absolute atomic E-state index is 10.8. The summed E-state index contributed by atoms with van der Waals surface area (Å²) >= 11 is 6.95. The van der Waals surface area contributed by atoms with E-state index >= 15 is 0 Å². The lowest BCUT2D eigenvalue weighted by atomic mass is 9.55. The molecule has 0 aromatic heterocycles. The number of carbonyl (C=O) groups excluding carboxylic acids is 2. The van der Waals surface area contributed by atoms with Crippen molar-refractivity contribution in [1.29, 1.82) is 0 Å². The second-order valence-electron chi connectivity index (χ2n) is 9.83. The minimum atomic E-state index is -0.0369. The lowest BCUT2D eigenvalue weighted by Gasteiger charge is -2.50. The predicted molar refractivity (Wildman–Crippen MR) is 134 cm³/mol. The molecule has 150 valence electrons. The lowest BCUT2D eigenvalue weighted by molar-refractivity contribution is -0.133. The van der Waals surface area contributed by atoms with Gasteiger partial charge >= 0.3 is 0 Å². The van der Waals surface area contributed by atoms with Crippen LogP contribution in [0.2, 0.25) is 0 Å². The fraction of sp³-hybridized carbons (Fsp3) is 0.905. The Balaban J connectivity index is 0.000000158. The van der Waals surface area contributed by atoms with E-state index in [2.05, 4.69) is 81.6 Å². The zero-order valence-electron chi connectivity index (χ0n) is 16.2. The van der Waals surface area contributed by atoms with Crippen LogP contribution in [0.3, 0.4) is 0 Å². The quantitative estimate of drug-likeness (QED) is 0.169. The summed E-state index contributed by atoms with van der Waals surface area (Å²) in [7, 11) is 0. The van der Waals surface area contributed by atoms with Gasteiger partial charge in [-0.1, -0.05) is 81.6 Å². The first-order chi connectivity index (χ1) is 12.1. The van der Waals surface area contributed by atoms with Crippen molar-refractivity contribution in [3.63, 3.8) is 0 Å². The van der Waals surface area contributed by atoms with Crippen LogP contribution in [0.5, 0.6) is 0 Å². The van der Waals surface area contributed by atoms with Gasteiger partial charge in [-0.2, -0.15) is 0 Å². The summed E-state index contributed by atoms with van der Waals surface area (Å²) in [5, 5.41) is 0. The molecule has 0 unspecified atom stereocenters. The first kappa shape index (κ1) is 23.8. The third kappa shape index (κ3) is 6.26. The van der Waals surface area contributed by atoms with Crippen LogP contribution in [0.15, 0.2) is 0 Å². The van der Waals surface area contributed by atoms with E-state index in [1.165, 1.54) is 38.5 Å². The van der Waals surface area contributed by atoms with Crippen LogP contribution in [0.25, 0.3) is 0 Å². The second kappa shape index (κ2) is 9.56. The first-order valence-corrected chi connectivity index (χ1v) is 13.7. The van der Waals surface area contributed by atoms with Crippen molar-refractivity contribution < 1.29 is 9.59 Å². The predicted octanol–water partition coefficient (Wildman–Crippen LogP) is 7.67. The van der Waals surface area contributed by atoms with Crippen molar-refractivity contribution in [3.05, 3.63) is 0 Å². The summed E-state index contributed by atoms with van der Waals surface area (Å²) < 4.78 is 0.743. The van der Waals surface area contributed by atoms with Gasteiger partial charge in [0.15, 0.2) is 0 Å². The molecule has 0 aliphatic heterocycles. The van der Waals surface area contributed by atoms with Crippen LogP contribution in [-0.4, -0.2) is 12.5 Å². The van der Waals surface area contributed by atoms with Gasteiger partial charge in [-0.05, 0) is 87.9 Å². The van der Waals surface area contributed by atoms with Crippen molar-refractivity contribution in [1.82, 2.24) is 0 Å². The third-order valence-electron chi connectivity index (χ3n) is 7.86. The average Bonchev–Trinajstić information content (AvgIpc) is 2.65. The largest absolute Gasteiger partial charge is 0.303 e. The molecular weight excluding hydrogens is 665 g/mol. The van der Waals surface area contributed by atoms with Crippen LogP contribution in [-0.2, 0) is 9.59 Å². The van der Waals surface area contributed by atoms with Crippen molar-refractivity contribution in [2.24, 2.45) is 21.7 Å². The Kier molecular flexibility index (Phi) is 8.75. The number of hydrogen-bond acceptors (Lipinski definition) is 2. The molecule has 6 rings (SSSR count). The fourth-order valence-electron chi connectivity index (χ4n) is 5.16. The van der Waals surface area contributed by atoms with Crippen LogP contribution in [0.1, 0.15) is 90.9 Å². The van der Waals surface area contributed by atoms with E-state index in [1.54, 1.807) is 0 Å². The number of alkyl halides is 3. The number of halogens is 3. The SMILES string of the molecule is CC12CCC(C)(CC1)CC2.IC(I)I.O=CC12CCC(C=O)(CC1)CC2. The maximum atomic E-state index is 10.8. The molecule has 0 saturated heterocycles. The van der Waals surface area contributed by atoms with Crippen molar-refractivity contribution in [2.75, 3.05) is 0 Å². The van der Waals surface area contributed by atoms with Gasteiger partial charge in [-0.15, -0.1) is 0 Å². The van der Waals surface area contributed by atoms with E-state index < -0.39 is 0 Å². The van der Waals surface area contributed by atoms with Gasteiger partial charge in [0.2, 0.25) is 0 Å². The van der Waals surface area contributed by atoms with Crippen molar-refractivity contribution in [3.8, 4) is 0 Å². The number of fused-ring (bicyclic) bond motifs is 6. The number of carbonyl (C=O) groups is 2. The molecule has 0 radical (unpaired) electrons. The van der Waals surface area contributed by atoms with E-state index in [-0.39, 0.29) is 10.8 Å². The highest BCUT2D eigenvalue weighted by Gasteiger charge is 2.48. The Hall–Kier alpha value is 1.53. The van der Waals surface area contributed by atoms with Gasteiger partial charge in [0.25, 0.3) is 0 Å². The van der Waals surface area contributed by atoms with E-state index in [1.807, 2.05) is 0 Å². The van der Waals surface area contributed by atoms with Gasteiger partial charge in [0.1, 0.15) is 12.5 Å². The molecule has 6 aliphatic carbocycles. The molecule has 2 nitrogen and oxygen atoms in total. The van der Waals surface area contributed by atoms with Gasteiger partial charge in [-0.3, -0.25) is 0 Å².